The number of allylic oxidation sites excluding steroid dienone is 5. The molecule has 198 valence electrons. The minimum atomic E-state index is -2.47. The van der Waals surface area contributed by atoms with Gasteiger partial charge >= 0.3 is 0 Å². The molecule has 38 heavy (non-hydrogen) atoms. The monoisotopic (exact) mass is 521 g/mol. The molecule has 6 rings (SSSR count). The van der Waals surface area contributed by atoms with Gasteiger partial charge < -0.3 is 9.47 Å². The van der Waals surface area contributed by atoms with E-state index in [-0.39, 0.29) is 0 Å². The number of benzene rings is 2. The lowest BCUT2D eigenvalue weighted by Crippen LogP contribution is -2.77. The Labute approximate surface area is 230 Å². The van der Waals surface area contributed by atoms with Crippen molar-refractivity contribution in [3.8, 4) is 0 Å². The quantitative estimate of drug-likeness (QED) is 0.229. The average molecular weight is 522 g/mol. The number of aliphatic imine (C=N–C) groups is 1. The largest absolute Gasteiger partial charge is 0.361 e. The van der Waals surface area contributed by atoms with E-state index in [4.69, 9.17) is 4.99 Å². The highest BCUT2D eigenvalue weighted by Crippen LogP contribution is 2.54. The average Bonchev–Trinajstić information content (AvgIpc) is 3.36. The number of rotatable bonds is 9. The minimum Gasteiger partial charge on any atom is -0.361 e. The molecule has 2 aliphatic carbocycles. The van der Waals surface area contributed by atoms with E-state index in [0.29, 0.717) is 17.4 Å². The predicted molar refractivity (Wildman–Crippen MR) is 164 cm³/mol. The summed E-state index contributed by atoms with van der Waals surface area (Å²) in [7, 11) is -2.47. The second-order valence-corrected chi connectivity index (χ2v) is 15.6. The molecule has 2 aromatic rings. The summed E-state index contributed by atoms with van der Waals surface area (Å²) in [6.07, 6.45) is 20.6. The summed E-state index contributed by atoms with van der Waals surface area (Å²) >= 11 is 0. The summed E-state index contributed by atoms with van der Waals surface area (Å²) in [5, 5.41) is 3.11. The van der Waals surface area contributed by atoms with E-state index in [2.05, 4.69) is 107 Å². The zero-order chi connectivity index (χ0) is 25.8. The predicted octanol–water partition coefficient (Wildman–Crippen LogP) is 6.01. The lowest BCUT2D eigenvalue weighted by Gasteiger charge is -2.54. The van der Waals surface area contributed by atoms with E-state index >= 15 is 0 Å². The van der Waals surface area contributed by atoms with E-state index in [0.717, 1.165) is 38.5 Å². The first-order chi connectivity index (χ1) is 18.8. The summed E-state index contributed by atoms with van der Waals surface area (Å²) in [5.74, 6) is 3.26. The summed E-state index contributed by atoms with van der Waals surface area (Å²) in [5.41, 5.74) is 0.604. The van der Waals surface area contributed by atoms with Crippen LogP contribution >= 0.6 is 0 Å². The molecule has 0 radical (unpaired) electrons. The normalized spacial score (nSPS) is 26.6. The van der Waals surface area contributed by atoms with Crippen molar-refractivity contribution in [2.45, 2.75) is 50.5 Å². The van der Waals surface area contributed by atoms with Crippen LogP contribution in [0.2, 0.25) is 5.54 Å². The highest BCUT2D eigenvalue weighted by atomic mass is 28.3. The third kappa shape index (κ3) is 4.51. The zero-order valence-electron chi connectivity index (χ0n) is 22.8. The second kappa shape index (κ2) is 11.5. The summed E-state index contributed by atoms with van der Waals surface area (Å²) < 4.78 is 2.90. The standard InChI is InChI=1S/C34H43N3Si/c1-2-3-4-7-16-28-27-33(32-22-13-12-21-31(28)32)38(29-17-8-5-9-18-29,30-19-10-6-11-20-30)37-26-15-25-36-24-14-23-35-34(36)37/h2,5-6,8-13,17-22,28,31-33H,1,3-4,7,14-16,23-27H2. The van der Waals surface area contributed by atoms with Crippen LogP contribution in [0.5, 0.6) is 0 Å². The van der Waals surface area contributed by atoms with Gasteiger partial charge in [0.1, 0.15) is 0 Å². The van der Waals surface area contributed by atoms with Gasteiger partial charge in [-0.15, -0.1) is 6.58 Å². The lowest BCUT2D eigenvalue weighted by molar-refractivity contribution is 0.295. The Morgan fingerprint density at radius 3 is 2.24 bits per heavy atom. The van der Waals surface area contributed by atoms with Crippen LogP contribution in [0.4, 0.5) is 0 Å². The van der Waals surface area contributed by atoms with Crippen LogP contribution in [0.3, 0.4) is 0 Å². The number of fused-ring (bicyclic) bond motifs is 2. The molecule has 0 spiro atoms. The van der Waals surface area contributed by atoms with Crippen LogP contribution in [-0.4, -0.2) is 49.8 Å². The lowest BCUT2D eigenvalue weighted by atomic mass is 9.84. The molecule has 1 saturated heterocycles. The number of guanidine groups is 1. The molecule has 1 saturated carbocycles. The van der Waals surface area contributed by atoms with Gasteiger partial charge in [0, 0.05) is 26.2 Å². The molecule has 2 heterocycles. The minimum absolute atomic E-state index is 0.580. The molecule has 0 aromatic heterocycles. The van der Waals surface area contributed by atoms with E-state index in [1.165, 1.54) is 44.5 Å². The maximum Gasteiger partial charge on any atom is 0.226 e. The van der Waals surface area contributed by atoms with Crippen molar-refractivity contribution in [1.82, 2.24) is 9.47 Å². The smallest absolute Gasteiger partial charge is 0.226 e. The molecule has 0 amide bonds. The molecule has 4 aliphatic rings. The van der Waals surface area contributed by atoms with Gasteiger partial charge in [-0.1, -0.05) is 97.5 Å². The van der Waals surface area contributed by atoms with Gasteiger partial charge in [-0.05, 0) is 72.2 Å². The first-order valence-electron chi connectivity index (χ1n) is 15.0. The number of hydrogen-bond acceptors (Lipinski definition) is 3. The molecule has 4 atom stereocenters. The van der Waals surface area contributed by atoms with Gasteiger partial charge in [-0.3, -0.25) is 4.99 Å². The van der Waals surface area contributed by atoms with Gasteiger partial charge in [0.2, 0.25) is 8.24 Å². The van der Waals surface area contributed by atoms with Crippen molar-refractivity contribution >= 4 is 24.6 Å². The highest BCUT2D eigenvalue weighted by molar-refractivity contribution is 7.02. The van der Waals surface area contributed by atoms with Crippen molar-refractivity contribution in [2.75, 3.05) is 26.2 Å². The molecule has 2 aromatic carbocycles. The molecule has 4 heteroatoms. The number of nitrogens with zero attached hydrogens (tertiary/aromatic N) is 3. The van der Waals surface area contributed by atoms with Crippen molar-refractivity contribution in [2.24, 2.45) is 22.7 Å². The summed E-state index contributed by atoms with van der Waals surface area (Å²) in [6.45, 7) is 8.33. The number of hydrogen-bond donors (Lipinski definition) is 0. The van der Waals surface area contributed by atoms with Crippen molar-refractivity contribution in [3.63, 3.8) is 0 Å². The first-order valence-corrected chi connectivity index (χ1v) is 17.0. The SMILES string of the molecule is C=CCCCCC1CC([Si](c2ccccc2)(c2ccccc2)N2CCCN3CCCN=C32)C2C=CC=CC12. The first kappa shape index (κ1) is 25.4. The topological polar surface area (TPSA) is 18.8 Å². The van der Waals surface area contributed by atoms with Gasteiger partial charge in [-0.2, -0.15) is 0 Å². The van der Waals surface area contributed by atoms with Crippen molar-refractivity contribution < 1.29 is 0 Å². The Morgan fingerprint density at radius 2 is 1.53 bits per heavy atom. The third-order valence-corrected chi connectivity index (χ3v) is 15.0. The highest BCUT2D eigenvalue weighted by Gasteiger charge is 2.59. The van der Waals surface area contributed by atoms with Crippen molar-refractivity contribution in [1.29, 1.82) is 0 Å². The van der Waals surface area contributed by atoms with Crippen LogP contribution in [0.25, 0.3) is 0 Å². The molecular formula is C34H43N3Si. The van der Waals surface area contributed by atoms with Gasteiger partial charge in [-0.25, -0.2) is 0 Å². The Bertz CT molecular complexity index is 1130. The van der Waals surface area contributed by atoms with Crippen LogP contribution in [0.15, 0.2) is 103 Å². The molecular weight excluding hydrogens is 478 g/mol. The molecule has 4 unspecified atom stereocenters. The van der Waals surface area contributed by atoms with Gasteiger partial charge in [0.25, 0.3) is 0 Å². The maximum atomic E-state index is 5.28. The Kier molecular flexibility index (Phi) is 7.69. The fourth-order valence-corrected chi connectivity index (χ4v) is 14.3. The zero-order valence-corrected chi connectivity index (χ0v) is 23.8. The van der Waals surface area contributed by atoms with Crippen LogP contribution in [0.1, 0.15) is 44.9 Å². The fourth-order valence-electron chi connectivity index (χ4n) is 8.06. The van der Waals surface area contributed by atoms with E-state index in [1.807, 2.05) is 0 Å². The fraction of sp³-hybridized carbons (Fsp3) is 0.441. The summed E-state index contributed by atoms with van der Waals surface area (Å²) in [6, 6.07) is 23.3. The Hall–Kier alpha value is -2.85. The van der Waals surface area contributed by atoms with Gasteiger partial charge in [0.15, 0.2) is 5.96 Å². The van der Waals surface area contributed by atoms with Crippen LogP contribution < -0.4 is 10.4 Å². The molecule has 0 bridgehead atoms. The van der Waals surface area contributed by atoms with E-state index in [9.17, 15) is 0 Å². The summed E-state index contributed by atoms with van der Waals surface area (Å²) in [4.78, 5) is 7.88. The van der Waals surface area contributed by atoms with Crippen LogP contribution in [0, 0.1) is 17.8 Å². The van der Waals surface area contributed by atoms with Crippen molar-refractivity contribution in [3.05, 3.63) is 97.6 Å². The molecule has 2 fully saturated rings. The number of unbranched alkanes of at least 4 members (excludes halogenated alkanes) is 2. The third-order valence-electron chi connectivity index (χ3n) is 9.58. The van der Waals surface area contributed by atoms with E-state index < -0.39 is 8.24 Å². The molecule has 0 N–H and O–H groups in total. The second-order valence-electron chi connectivity index (χ2n) is 11.6. The maximum absolute atomic E-state index is 5.28. The van der Waals surface area contributed by atoms with Gasteiger partial charge in [0.05, 0.1) is 0 Å². The molecule has 3 nitrogen and oxygen atoms in total. The van der Waals surface area contributed by atoms with E-state index in [1.54, 1.807) is 10.4 Å². The molecule has 2 aliphatic heterocycles. The van der Waals surface area contributed by atoms with Crippen LogP contribution in [-0.2, 0) is 0 Å². The Balaban J connectivity index is 1.52. The Morgan fingerprint density at radius 1 is 0.842 bits per heavy atom.